The van der Waals surface area contributed by atoms with Gasteiger partial charge in [0, 0.05) is 55.9 Å². The molecule has 4 rings (SSSR count). The molecule has 2 aromatic rings. The molecule has 0 radical (unpaired) electrons. The summed E-state index contributed by atoms with van der Waals surface area (Å²) < 4.78 is 6.46. The minimum Gasteiger partial charge on any atom is -0.487 e. The normalized spacial score (nSPS) is 24.2. The Morgan fingerprint density at radius 2 is 2.04 bits per heavy atom. The lowest BCUT2D eigenvalue weighted by atomic mass is 9.82. The van der Waals surface area contributed by atoms with Crippen molar-refractivity contribution in [2.24, 2.45) is 0 Å². The highest BCUT2D eigenvalue weighted by Gasteiger charge is 2.43. The maximum absolute atomic E-state index is 12.8. The van der Waals surface area contributed by atoms with E-state index in [0.717, 1.165) is 17.7 Å². The summed E-state index contributed by atoms with van der Waals surface area (Å²) >= 11 is 0. The number of hydrogen-bond donors (Lipinski definition) is 1. The smallest absolute Gasteiger partial charge is 0.251 e. The van der Waals surface area contributed by atoms with Gasteiger partial charge in [0.1, 0.15) is 11.4 Å². The lowest BCUT2D eigenvalue weighted by molar-refractivity contribution is -0.130. The summed E-state index contributed by atoms with van der Waals surface area (Å²) in [7, 11) is 0. The van der Waals surface area contributed by atoms with E-state index in [1.165, 1.54) is 0 Å². The van der Waals surface area contributed by atoms with Crippen LogP contribution in [0.15, 0.2) is 48.8 Å². The van der Waals surface area contributed by atoms with Crippen molar-refractivity contribution in [1.82, 2.24) is 15.2 Å². The number of carbonyl (C=O) groups excluding carboxylic acids is 2. The molecule has 1 saturated heterocycles. The molecule has 6 heteroatoms. The van der Waals surface area contributed by atoms with Crippen LogP contribution in [-0.2, 0) is 4.79 Å². The molecule has 28 heavy (non-hydrogen) atoms. The molecule has 3 heterocycles. The summed E-state index contributed by atoms with van der Waals surface area (Å²) in [4.78, 5) is 31.0. The third-order valence-electron chi connectivity index (χ3n) is 5.81. The summed E-state index contributed by atoms with van der Waals surface area (Å²) in [5.74, 6) is 0.851. The van der Waals surface area contributed by atoms with Gasteiger partial charge in [-0.3, -0.25) is 14.6 Å². The molecule has 2 amide bonds. The molecule has 1 spiro atoms. The van der Waals surface area contributed by atoms with Crippen LogP contribution < -0.4 is 10.1 Å². The van der Waals surface area contributed by atoms with Crippen LogP contribution in [0.2, 0.25) is 0 Å². The number of amides is 2. The van der Waals surface area contributed by atoms with Gasteiger partial charge in [-0.25, -0.2) is 0 Å². The molecule has 1 fully saturated rings. The van der Waals surface area contributed by atoms with E-state index in [4.69, 9.17) is 4.74 Å². The molecule has 1 aromatic carbocycles. The Labute approximate surface area is 164 Å². The number of nitrogens with one attached hydrogen (secondary N) is 1. The fraction of sp³-hybridized carbons (Fsp3) is 0.409. The van der Waals surface area contributed by atoms with Crippen molar-refractivity contribution >= 4 is 11.8 Å². The van der Waals surface area contributed by atoms with Crippen molar-refractivity contribution in [2.75, 3.05) is 13.1 Å². The van der Waals surface area contributed by atoms with Crippen LogP contribution in [0.1, 0.15) is 54.6 Å². The minimum atomic E-state index is -0.440. The van der Waals surface area contributed by atoms with Crippen molar-refractivity contribution in [3.05, 3.63) is 59.9 Å². The van der Waals surface area contributed by atoms with Crippen LogP contribution >= 0.6 is 0 Å². The molecule has 1 N–H and O–H groups in total. The largest absolute Gasteiger partial charge is 0.487 e. The van der Waals surface area contributed by atoms with E-state index in [-0.39, 0.29) is 17.9 Å². The number of aromatic nitrogens is 1. The average molecular weight is 379 g/mol. The van der Waals surface area contributed by atoms with E-state index >= 15 is 0 Å². The van der Waals surface area contributed by atoms with Crippen molar-refractivity contribution in [3.8, 4) is 5.75 Å². The van der Waals surface area contributed by atoms with Gasteiger partial charge in [0.05, 0.1) is 6.04 Å². The molecule has 2 atom stereocenters. The highest BCUT2D eigenvalue weighted by Crippen LogP contribution is 2.44. The Morgan fingerprint density at radius 1 is 1.25 bits per heavy atom. The Morgan fingerprint density at radius 3 is 2.82 bits per heavy atom. The second-order valence-corrected chi connectivity index (χ2v) is 7.51. The van der Waals surface area contributed by atoms with Crippen molar-refractivity contribution in [1.29, 1.82) is 0 Å². The summed E-state index contributed by atoms with van der Waals surface area (Å²) in [5, 5.41) is 3.17. The number of rotatable bonds is 3. The maximum atomic E-state index is 12.8. The van der Waals surface area contributed by atoms with Gasteiger partial charge < -0.3 is 15.0 Å². The molecular formula is C22H25N3O3. The van der Waals surface area contributed by atoms with Crippen molar-refractivity contribution in [2.45, 2.75) is 44.2 Å². The van der Waals surface area contributed by atoms with E-state index < -0.39 is 5.60 Å². The minimum absolute atomic E-state index is 0.126. The second kappa shape index (κ2) is 7.62. The van der Waals surface area contributed by atoms with Gasteiger partial charge in [-0.15, -0.1) is 0 Å². The Hall–Kier alpha value is -2.89. The van der Waals surface area contributed by atoms with Crippen LogP contribution in [0, 0.1) is 0 Å². The Bertz CT molecular complexity index is 870. The first-order valence-electron chi connectivity index (χ1n) is 9.87. The maximum Gasteiger partial charge on any atom is 0.251 e. The fourth-order valence-electron chi connectivity index (χ4n) is 4.21. The molecule has 0 saturated carbocycles. The highest BCUT2D eigenvalue weighted by atomic mass is 16.5. The molecule has 2 aliphatic rings. The molecule has 1 aromatic heterocycles. The van der Waals surface area contributed by atoms with Crippen LogP contribution in [0.4, 0.5) is 0 Å². The summed E-state index contributed by atoms with van der Waals surface area (Å²) in [6, 6.07) is 11.1. The van der Waals surface area contributed by atoms with Gasteiger partial charge >= 0.3 is 0 Å². The predicted octanol–water partition coefficient (Wildman–Crippen LogP) is 3.11. The molecular weight excluding hydrogens is 354 g/mol. The number of pyridine rings is 1. The van der Waals surface area contributed by atoms with Gasteiger partial charge in [0.2, 0.25) is 5.91 Å². The molecule has 146 valence electrons. The number of benzene rings is 1. The Balaban J connectivity index is 1.61. The number of carbonyl (C=O) groups is 2. The summed E-state index contributed by atoms with van der Waals surface area (Å²) in [6.45, 7) is 3.40. The SMILES string of the molecule is CCN1CC[C@@]2(CCC1=O)C[C@@H](NC(=O)c1ccncc1)c1ccccc1O2. The predicted molar refractivity (Wildman–Crippen MR) is 105 cm³/mol. The lowest BCUT2D eigenvalue weighted by Gasteiger charge is -2.42. The topological polar surface area (TPSA) is 71.5 Å². The zero-order chi connectivity index (χ0) is 19.6. The highest BCUT2D eigenvalue weighted by molar-refractivity contribution is 5.94. The first-order chi connectivity index (χ1) is 13.6. The third kappa shape index (κ3) is 3.59. The van der Waals surface area contributed by atoms with E-state index in [1.54, 1.807) is 24.5 Å². The molecule has 0 bridgehead atoms. The van der Waals surface area contributed by atoms with Gasteiger partial charge in [-0.05, 0) is 31.5 Å². The Kier molecular flexibility index (Phi) is 5.03. The van der Waals surface area contributed by atoms with Crippen LogP contribution in [0.3, 0.4) is 0 Å². The number of fused-ring (bicyclic) bond motifs is 1. The molecule has 0 aliphatic carbocycles. The number of hydrogen-bond acceptors (Lipinski definition) is 4. The zero-order valence-corrected chi connectivity index (χ0v) is 16.1. The molecule has 2 aliphatic heterocycles. The quantitative estimate of drug-likeness (QED) is 0.890. The van der Waals surface area contributed by atoms with Crippen LogP contribution in [0.25, 0.3) is 0 Å². The van der Waals surface area contributed by atoms with Crippen LogP contribution in [-0.4, -0.2) is 40.4 Å². The van der Waals surface area contributed by atoms with Crippen molar-refractivity contribution in [3.63, 3.8) is 0 Å². The van der Waals surface area contributed by atoms with Gasteiger partial charge in [0.25, 0.3) is 5.91 Å². The number of ether oxygens (including phenoxy) is 1. The number of nitrogens with zero attached hydrogens (tertiary/aromatic N) is 2. The monoisotopic (exact) mass is 379 g/mol. The summed E-state index contributed by atoms with van der Waals surface area (Å²) in [6.07, 6.45) is 5.79. The zero-order valence-electron chi connectivity index (χ0n) is 16.1. The van der Waals surface area contributed by atoms with Crippen molar-refractivity contribution < 1.29 is 14.3 Å². The first kappa shape index (κ1) is 18.5. The average Bonchev–Trinajstić information content (AvgIpc) is 2.87. The molecule has 0 unspecified atom stereocenters. The number of para-hydroxylation sites is 1. The van der Waals surface area contributed by atoms with Gasteiger partial charge in [-0.1, -0.05) is 18.2 Å². The van der Waals surface area contributed by atoms with Gasteiger partial charge in [-0.2, -0.15) is 0 Å². The first-order valence-corrected chi connectivity index (χ1v) is 9.87. The third-order valence-corrected chi connectivity index (χ3v) is 5.81. The summed E-state index contributed by atoms with van der Waals surface area (Å²) in [5.41, 5.74) is 1.13. The molecule has 6 nitrogen and oxygen atoms in total. The van der Waals surface area contributed by atoms with Gasteiger partial charge in [0.15, 0.2) is 0 Å². The lowest BCUT2D eigenvalue weighted by Crippen LogP contribution is -2.46. The second-order valence-electron chi connectivity index (χ2n) is 7.51. The van der Waals surface area contributed by atoms with E-state index in [0.29, 0.717) is 37.9 Å². The number of likely N-dealkylation sites (tertiary alicyclic amines) is 1. The van der Waals surface area contributed by atoms with E-state index in [2.05, 4.69) is 10.3 Å². The van der Waals surface area contributed by atoms with E-state index in [9.17, 15) is 9.59 Å². The van der Waals surface area contributed by atoms with Crippen LogP contribution in [0.5, 0.6) is 5.75 Å². The standard InChI is InChI=1S/C22H25N3O3/c1-2-25-14-11-22(10-7-20(25)26)15-18(17-5-3-4-6-19(17)28-22)24-21(27)16-8-12-23-13-9-16/h3-6,8-9,12-13,18H,2,7,10-11,14-15H2,1H3,(H,24,27)/t18-,22+/m1/s1. The van der Waals surface area contributed by atoms with E-state index in [1.807, 2.05) is 36.1 Å². The fourth-order valence-corrected chi connectivity index (χ4v) is 4.21.